The second kappa shape index (κ2) is 2.83. The van der Waals surface area contributed by atoms with Gasteiger partial charge < -0.3 is 4.74 Å². The quantitative estimate of drug-likeness (QED) is 0.509. The Hall–Kier alpha value is -1.38. The van der Waals surface area contributed by atoms with Gasteiger partial charge in [-0.2, -0.15) is 0 Å². The molecular formula is C10H12O3. The Morgan fingerprint density at radius 1 is 1.31 bits per heavy atom. The molecule has 0 aliphatic carbocycles. The van der Waals surface area contributed by atoms with E-state index in [1.807, 2.05) is 13.8 Å². The van der Waals surface area contributed by atoms with Crippen LogP contribution in [0.1, 0.15) is 19.4 Å². The maximum Gasteiger partial charge on any atom is 0.268 e. The zero-order chi connectivity index (χ0) is 10.2. The van der Waals surface area contributed by atoms with Crippen LogP contribution in [0.25, 0.3) is 0 Å². The summed E-state index contributed by atoms with van der Waals surface area (Å²) in [7, 11) is 1.39. The monoisotopic (exact) mass is 180 g/mol. The van der Waals surface area contributed by atoms with Crippen molar-refractivity contribution in [3.8, 4) is 5.75 Å². The molecule has 70 valence electrons. The molecule has 0 saturated carbocycles. The molecule has 3 nitrogen and oxygen atoms in total. The van der Waals surface area contributed by atoms with Gasteiger partial charge in [0, 0.05) is 5.41 Å². The fraction of sp³-hybridized carbons (Fsp3) is 0.400. The number of methoxy groups -OCH3 is 1. The van der Waals surface area contributed by atoms with Crippen molar-refractivity contribution in [2.24, 2.45) is 0 Å². The van der Waals surface area contributed by atoms with Crippen LogP contribution in [0, 0.1) is 0 Å². The van der Waals surface area contributed by atoms with Crippen LogP contribution in [-0.4, -0.2) is 7.11 Å². The van der Waals surface area contributed by atoms with Gasteiger partial charge in [-0.3, -0.25) is 9.59 Å². The topological polar surface area (TPSA) is 43.4 Å². The lowest BCUT2D eigenvalue weighted by Crippen LogP contribution is -2.42. The second-order valence-electron chi connectivity index (χ2n) is 3.49. The molecule has 0 fully saturated rings. The van der Waals surface area contributed by atoms with E-state index < -0.39 is 16.3 Å². The van der Waals surface area contributed by atoms with E-state index in [9.17, 15) is 9.59 Å². The fourth-order valence-corrected chi connectivity index (χ4v) is 1.25. The first kappa shape index (κ1) is 9.71. The molecule has 0 amide bonds. The van der Waals surface area contributed by atoms with E-state index in [2.05, 4.69) is 6.58 Å². The SMILES string of the molecule is C=CC(C)(C)c1c(OC)c(=O)c1=O. The van der Waals surface area contributed by atoms with Gasteiger partial charge in [-0.1, -0.05) is 19.9 Å². The van der Waals surface area contributed by atoms with Crippen molar-refractivity contribution in [3.63, 3.8) is 0 Å². The summed E-state index contributed by atoms with van der Waals surface area (Å²) in [6, 6.07) is 0. The second-order valence-corrected chi connectivity index (χ2v) is 3.49. The van der Waals surface area contributed by atoms with Crippen molar-refractivity contribution in [1.29, 1.82) is 0 Å². The van der Waals surface area contributed by atoms with Crippen LogP contribution in [0.5, 0.6) is 5.75 Å². The number of hydrogen-bond acceptors (Lipinski definition) is 3. The molecule has 0 radical (unpaired) electrons. The zero-order valence-electron chi connectivity index (χ0n) is 8.01. The van der Waals surface area contributed by atoms with E-state index >= 15 is 0 Å². The van der Waals surface area contributed by atoms with Crippen LogP contribution in [0.2, 0.25) is 0 Å². The molecule has 0 aliphatic heterocycles. The van der Waals surface area contributed by atoms with Crippen LogP contribution in [0.3, 0.4) is 0 Å². The highest BCUT2D eigenvalue weighted by molar-refractivity contribution is 5.46. The summed E-state index contributed by atoms with van der Waals surface area (Å²) in [4.78, 5) is 22.2. The van der Waals surface area contributed by atoms with Gasteiger partial charge >= 0.3 is 0 Å². The molecule has 1 rings (SSSR count). The number of ether oxygens (including phenoxy) is 1. The molecule has 0 atom stereocenters. The lowest BCUT2D eigenvalue weighted by Gasteiger charge is -2.23. The minimum Gasteiger partial charge on any atom is -0.492 e. The number of rotatable bonds is 3. The minimum absolute atomic E-state index is 0.176. The van der Waals surface area contributed by atoms with Gasteiger partial charge in [-0.05, 0) is 0 Å². The Bertz CT molecular complexity index is 406. The predicted octanol–water partition coefficient (Wildman–Crippen LogP) is 0.755. The van der Waals surface area contributed by atoms with Gasteiger partial charge in [-0.25, -0.2) is 0 Å². The third kappa shape index (κ3) is 1.20. The number of allylic oxidation sites excluding steroid dienone is 1. The first-order chi connectivity index (χ1) is 5.95. The van der Waals surface area contributed by atoms with Crippen molar-refractivity contribution >= 4 is 0 Å². The van der Waals surface area contributed by atoms with E-state index in [0.29, 0.717) is 5.56 Å². The van der Waals surface area contributed by atoms with E-state index in [-0.39, 0.29) is 5.75 Å². The summed E-state index contributed by atoms with van der Waals surface area (Å²) in [5, 5.41) is 0. The Kier molecular flexibility index (Phi) is 2.12. The zero-order valence-corrected chi connectivity index (χ0v) is 8.01. The highest BCUT2D eigenvalue weighted by Crippen LogP contribution is 2.28. The summed E-state index contributed by atoms with van der Waals surface area (Å²) in [5.74, 6) is 0.176. The van der Waals surface area contributed by atoms with E-state index in [1.54, 1.807) is 6.08 Å². The van der Waals surface area contributed by atoms with Crippen molar-refractivity contribution < 1.29 is 4.74 Å². The molecule has 0 heterocycles. The molecule has 0 unspecified atom stereocenters. The van der Waals surface area contributed by atoms with Crippen molar-refractivity contribution in [1.82, 2.24) is 0 Å². The highest BCUT2D eigenvalue weighted by atomic mass is 16.5. The predicted molar refractivity (Wildman–Crippen MR) is 51.1 cm³/mol. The van der Waals surface area contributed by atoms with E-state index in [4.69, 9.17) is 4.74 Å². The average molecular weight is 180 g/mol. The van der Waals surface area contributed by atoms with Crippen LogP contribution >= 0.6 is 0 Å². The van der Waals surface area contributed by atoms with E-state index in [1.165, 1.54) is 7.11 Å². The highest BCUT2D eigenvalue weighted by Gasteiger charge is 2.32. The fourth-order valence-electron chi connectivity index (χ4n) is 1.25. The maximum absolute atomic E-state index is 11.2. The minimum atomic E-state index is -0.535. The summed E-state index contributed by atoms with van der Waals surface area (Å²) in [6.07, 6.45) is 1.63. The van der Waals surface area contributed by atoms with Gasteiger partial charge in [0.1, 0.15) is 0 Å². The third-order valence-corrected chi connectivity index (χ3v) is 2.23. The molecule has 0 saturated heterocycles. The third-order valence-electron chi connectivity index (χ3n) is 2.23. The molecule has 13 heavy (non-hydrogen) atoms. The maximum atomic E-state index is 11.2. The lowest BCUT2D eigenvalue weighted by atomic mass is 9.81. The van der Waals surface area contributed by atoms with Crippen LogP contribution < -0.4 is 15.6 Å². The molecule has 0 aliphatic rings. The Morgan fingerprint density at radius 2 is 1.85 bits per heavy atom. The molecule has 0 N–H and O–H groups in total. The normalized spacial score (nSPS) is 11.6. The largest absolute Gasteiger partial charge is 0.492 e. The van der Waals surface area contributed by atoms with Crippen LogP contribution in [0.15, 0.2) is 22.2 Å². The summed E-state index contributed by atoms with van der Waals surface area (Å²) >= 11 is 0. The van der Waals surface area contributed by atoms with Crippen molar-refractivity contribution in [3.05, 3.63) is 38.7 Å². The van der Waals surface area contributed by atoms with Gasteiger partial charge in [0.05, 0.1) is 12.7 Å². The molecule has 0 aromatic heterocycles. The lowest BCUT2D eigenvalue weighted by molar-refractivity contribution is 0.389. The molecule has 0 spiro atoms. The molecule has 1 aromatic rings. The Labute approximate surface area is 76.3 Å². The molecular weight excluding hydrogens is 168 g/mol. The molecule has 3 heteroatoms. The van der Waals surface area contributed by atoms with Crippen molar-refractivity contribution in [2.75, 3.05) is 7.11 Å². The van der Waals surface area contributed by atoms with Gasteiger partial charge in [0.25, 0.3) is 5.43 Å². The van der Waals surface area contributed by atoms with Crippen LogP contribution in [-0.2, 0) is 5.41 Å². The Morgan fingerprint density at radius 3 is 2.23 bits per heavy atom. The van der Waals surface area contributed by atoms with Crippen LogP contribution in [0.4, 0.5) is 0 Å². The first-order valence-corrected chi connectivity index (χ1v) is 3.97. The Balaban J connectivity index is 3.33. The smallest absolute Gasteiger partial charge is 0.268 e. The van der Waals surface area contributed by atoms with Gasteiger partial charge in [-0.15, -0.1) is 6.58 Å². The van der Waals surface area contributed by atoms with Gasteiger partial charge in [0.15, 0.2) is 5.75 Å². The van der Waals surface area contributed by atoms with Crippen molar-refractivity contribution in [2.45, 2.75) is 19.3 Å². The standard InChI is InChI=1S/C10H12O3/c1-5-10(2,3)6-7(11)8(12)9(6)13-4/h5H,1H2,2-4H3. The summed E-state index contributed by atoms with van der Waals surface area (Å²) in [5.41, 5.74) is -1.06. The molecule has 0 bridgehead atoms. The molecule has 1 aromatic carbocycles. The average Bonchev–Trinajstić information content (AvgIpc) is 2.11. The first-order valence-electron chi connectivity index (χ1n) is 3.97. The number of hydrogen-bond donors (Lipinski definition) is 0. The van der Waals surface area contributed by atoms with Gasteiger partial charge in [0.2, 0.25) is 5.43 Å². The van der Waals surface area contributed by atoms with E-state index in [0.717, 1.165) is 0 Å². The summed E-state index contributed by atoms with van der Waals surface area (Å²) < 4.78 is 4.83. The summed E-state index contributed by atoms with van der Waals surface area (Å²) in [6.45, 7) is 7.25.